The van der Waals surface area contributed by atoms with E-state index in [1.165, 1.54) is 0 Å². The van der Waals surface area contributed by atoms with E-state index in [9.17, 15) is 9.59 Å². The molecule has 4 heteroatoms. The van der Waals surface area contributed by atoms with Crippen LogP contribution < -0.4 is 0 Å². The first kappa shape index (κ1) is 14.4. The topological polar surface area (TPSA) is 46.6 Å². The van der Waals surface area contributed by atoms with Gasteiger partial charge in [0.15, 0.2) is 0 Å². The maximum Gasteiger partial charge on any atom is 0.285 e. The molecule has 0 spiro atoms. The molecule has 0 saturated heterocycles. The van der Waals surface area contributed by atoms with Gasteiger partial charge in [-0.05, 0) is 25.0 Å². The third-order valence-electron chi connectivity index (χ3n) is 2.01. The van der Waals surface area contributed by atoms with Crippen LogP contribution in [0, 0.1) is 5.92 Å². The number of rotatable bonds is 2. The number of hydroxylamine groups is 2. The maximum absolute atomic E-state index is 11.6. The highest BCUT2D eigenvalue weighted by Gasteiger charge is 2.35. The van der Waals surface area contributed by atoms with Gasteiger partial charge in [-0.25, -0.2) is 0 Å². The summed E-state index contributed by atoms with van der Waals surface area (Å²) in [5.74, 6) is 0.0694. The molecule has 1 heterocycles. The molecule has 2 rings (SSSR count). The molecule has 0 N–H and O–H groups in total. The largest absolute Gasteiger partial charge is 0.285 e. The van der Waals surface area contributed by atoms with Crippen molar-refractivity contribution >= 4 is 11.8 Å². The first-order valence-electron chi connectivity index (χ1n) is 6.09. The molecule has 98 valence electrons. The van der Waals surface area contributed by atoms with Gasteiger partial charge >= 0.3 is 0 Å². The number of hydrogen-bond donors (Lipinski definition) is 0. The first-order valence-corrected chi connectivity index (χ1v) is 6.09. The molecular weight excluding hydrogens is 230 g/mol. The van der Waals surface area contributed by atoms with E-state index in [0.29, 0.717) is 17.7 Å². The van der Waals surface area contributed by atoms with Crippen LogP contribution in [0.2, 0.25) is 0 Å². The Morgan fingerprint density at radius 2 is 1.44 bits per heavy atom. The predicted molar refractivity (Wildman–Crippen MR) is 69.1 cm³/mol. The van der Waals surface area contributed by atoms with Gasteiger partial charge in [-0.3, -0.25) is 14.4 Å². The smallest absolute Gasteiger partial charge is 0.266 e. The monoisotopic (exact) mass is 249 g/mol. The van der Waals surface area contributed by atoms with E-state index in [1.807, 2.05) is 0 Å². The Morgan fingerprint density at radius 1 is 1.06 bits per heavy atom. The lowest BCUT2D eigenvalue weighted by molar-refractivity contribution is -0.0863. The van der Waals surface area contributed by atoms with Crippen molar-refractivity contribution in [3.8, 4) is 0 Å². The number of imide groups is 1. The van der Waals surface area contributed by atoms with Crippen LogP contribution in [0.15, 0.2) is 24.3 Å². The van der Waals surface area contributed by atoms with E-state index in [4.69, 9.17) is 4.84 Å². The highest BCUT2D eigenvalue weighted by Crippen LogP contribution is 2.22. The molecule has 1 aliphatic heterocycles. The van der Waals surface area contributed by atoms with Crippen molar-refractivity contribution in [2.45, 2.75) is 27.7 Å². The van der Waals surface area contributed by atoms with Crippen molar-refractivity contribution in [2.24, 2.45) is 5.92 Å². The summed E-state index contributed by atoms with van der Waals surface area (Å²) in [7, 11) is 0. The van der Waals surface area contributed by atoms with Gasteiger partial charge in [-0.1, -0.05) is 32.9 Å². The summed E-state index contributed by atoms with van der Waals surface area (Å²) in [6, 6.07) is 6.68. The van der Waals surface area contributed by atoms with Crippen LogP contribution in [0.4, 0.5) is 0 Å². The van der Waals surface area contributed by atoms with E-state index in [2.05, 4.69) is 20.8 Å². The normalized spacial score (nSPS) is 13.5. The van der Waals surface area contributed by atoms with Crippen LogP contribution in [0.3, 0.4) is 0 Å². The molecule has 0 radical (unpaired) electrons. The standard InChI is InChI=1S/C10H9NO3.C4H10/c1-2-14-11-9(12)7-5-3-4-6-8(7)10(11)13;1-4(2)3/h3-6H,2H2,1H3;4H,1-3H3. The fourth-order valence-electron chi connectivity index (χ4n) is 1.41. The highest BCUT2D eigenvalue weighted by atomic mass is 16.7. The third kappa shape index (κ3) is 3.17. The van der Waals surface area contributed by atoms with Gasteiger partial charge in [0.05, 0.1) is 17.7 Å². The fraction of sp³-hybridized carbons (Fsp3) is 0.429. The third-order valence-corrected chi connectivity index (χ3v) is 2.01. The quantitative estimate of drug-likeness (QED) is 0.757. The first-order chi connectivity index (χ1) is 8.49. The molecule has 4 nitrogen and oxygen atoms in total. The van der Waals surface area contributed by atoms with Gasteiger partial charge in [0.1, 0.15) is 0 Å². The summed E-state index contributed by atoms with van der Waals surface area (Å²) >= 11 is 0. The Hall–Kier alpha value is -1.68. The summed E-state index contributed by atoms with van der Waals surface area (Å²) in [4.78, 5) is 28.1. The van der Waals surface area contributed by atoms with Gasteiger partial charge in [-0.15, -0.1) is 5.06 Å². The molecule has 0 atom stereocenters. The number of nitrogens with zero attached hydrogens (tertiary/aromatic N) is 1. The number of amides is 2. The van der Waals surface area contributed by atoms with Crippen LogP contribution in [0.1, 0.15) is 48.4 Å². The molecule has 0 saturated carbocycles. The van der Waals surface area contributed by atoms with Gasteiger partial charge in [0.25, 0.3) is 11.8 Å². The van der Waals surface area contributed by atoms with E-state index in [0.717, 1.165) is 11.0 Å². The fourth-order valence-corrected chi connectivity index (χ4v) is 1.41. The molecule has 0 bridgehead atoms. The molecule has 0 aromatic heterocycles. The van der Waals surface area contributed by atoms with Gasteiger partial charge in [0, 0.05) is 0 Å². The Balaban J connectivity index is 0.000000357. The zero-order valence-electron chi connectivity index (χ0n) is 11.3. The zero-order valence-corrected chi connectivity index (χ0v) is 11.3. The second kappa shape index (κ2) is 6.31. The van der Waals surface area contributed by atoms with Crippen LogP contribution in [-0.2, 0) is 4.84 Å². The summed E-state index contributed by atoms with van der Waals surface area (Å²) in [5, 5.41) is 0.810. The van der Waals surface area contributed by atoms with Crippen LogP contribution in [0.25, 0.3) is 0 Å². The Bertz CT molecular complexity index is 403. The molecular formula is C14H19NO3. The number of hydrogen-bond acceptors (Lipinski definition) is 3. The van der Waals surface area contributed by atoms with Gasteiger partial charge in [-0.2, -0.15) is 0 Å². The molecule has 1 aromatic rings. The predicted octanol–water partition coefficient (Wildman–Crippen LogP) is 2.90. The number of carbonyl (C=O) groups is 2. The number of benzene rings is 1. The van der Waals surface area contributed by atoms with E-state index < -0.39 is 0 Å². The average Bonchev–Trinajstić information content (AvgIpc) is 2.55. The Labute approximate surface area is 108 Å². The van der Waals surface area contributed by atoms with E-state index in [1.54, 1.807) is 31.2 Å². The van der Waals surface area contributed by atoms with Crippen LogP contribution in [-0.4, -0.2) is 23.5 Å². The Morgan fingerprint density at radius 3 is 1.78 bits per heavy atom. The SMILES string of the molecule is CC(C)C.CCON1C(=O)c2ccccc2C1=O. The average molecular weight is 249 g/mol. The maximum atomic E-state index is 11.6. The van der Waals surface area contributed by atoms with Crippen molar-refractivity contribution in [1.29, 1.82) is 0 Å². The van der Waals surface area contributed by atoms with Crippen LogP contribution in [0.5, 0.6) is 0 Å². The summed E-state index contributed by atoms with van der Waals surface area (Å²) in [6.45, 7) is 8.52. The zero-order chi connectivity index (χ0) is 13.7. The minimum atomic E-state index is -0.382. The summed E-state index contributed by atoms with van der Waals surface area (Å²) in [6.07, 6.45) is 0. The van der Waals surface area contributed by atoms with Crippen molar-refractivity contribution in [1.82, 2.24) is 5.06 Å². The Kier molecular flexibility index (Phi) is 5.04. The number of fused-ring (bicyclic) bond motifs is 1. The van der Waals surface area contributed by atoms with Gasteiger partial charge in [0.2, 0.25) is 0 Å². The van der Waals surface area contributed by atoms with E-state index >= 15 is 0 Å². The lowest BCUT2D eigenvalue weighted by Gasteiger charge is -2.10. The molecule has 1 aromatic carbocycles. The molecule has 0 aliphatic carbocycles. The second-order valence-corrected chi connectivity index (χ2v) is 4.60. The minimum absolute atomic E-state index is 0.297. The van der Waals surface area contributed by atoms with Crippen molar-refractivity contribution in [3.05, 3.63) is 35.4 Å². The molecule has 0 unspecified atom stereocenters. The lowest BCUT2D eigenvalue weighted by Crippen LogP contribution is -2.29. The minimum Gasteiger partial charge on any atom is -0.266 e. The highest BCUT2D eigenvalue weighted by molar-refractivity contribution is 6.20. The summed E-state index contributed by atoms with van der Waals surface area (Å²) in [5.41, 5.74) is 0.817. The van der Waals surface area contributed by atoms with Crippen molar-refractivity contribution in [3.63, 3.8) is 0 Å². The second-order valence-electron chi connectivity index (χ2n) is 4.60. The lowest BCUT2D eigenvalue weighted by atomic mass is 10.1. The van der Waals surface area contributed by atoms with Crippen molar-refractivity contribution in [2.75, 3.05) is 6.61 Å². The van der Waals surface area contributed by atoms with E-state index in [-0.39, 0.29) is 11.8 Å². The van der Waals surface area contributed by atoms with Gasteiger partial charge < -0.3 is 0 Å². The summed E-state index contributed by atoms with van der Waals surface area (Å²) < 4.78 is 0. The van der Waals surface area contributed by atoms with Crippen LogP contribution >= 0.6 is 0 Å². The molecule has 0 fully saturated rings. The molecule has 1 aliphatic rings. The van der Waals surface area contributed by atoms with Crippen molar-refractivity contribution < 1.29 is 14.4 Å². The molecule has 18 heavy (non-hydrogen) atoms. The number of carbonyl (C=O) groups excluding carboxylic acids is 2. The molecule has 2 amide bonds.